The molecule has 0 saturated carbocycles. The Morgan fingerprint density at radius 2 is 1.74 bits per heavy atom. The van der Waals surface area contributed by atoms with E-state index in [1.807, 2.05) is 37.3 Å². The van der Waals surface area contributed by atoms with E-state index in [0.717, 1.165) is 18.4 Å². The van der Waals surface area contributed by atoms with E-state index < -0.39 is 11.6 Å². The summed E-state index contributed by atoms with van der Waals surface area (Å²) >= 11 is 0. The highest BCUT2D eigenvalue weighted by Crippen LogP contribution is 2.30. The zero-order valence-electron chi connectivity index (χ0n) is 15.6. The molecule has 3 rings (SSSR count). The predicted octanol–water partition coefficient (Wildman–Crippen LogP) is 5.39. The zero-order valence-corrected chi connectivity index (χ0v) is 15.6. The van der Waals surface area contributed by atoms with Crippen LogP contribution in [0, 0.1) is 11.6 Å². The summed E-state index contributed by atoms with van der Waals surface area (Å²) in [6.07, 6.45) is 6.44. The molecule has 0 aromatic heterocycles. The monoisotopic (exact) mass is 374 g/mol. The summed E-state index contributed by atoms with van der Waals surface area (Å²) in [5, 5.41) is 0. The van der Waals surface area contributed by atoms with Crippen LogP contribution in [0.2, 0.25) is 0 Å². The van der Waals surface area contributed by atoms with E-state index in [1.165, 1.54) is 24.8 Å². The van der Waals surface area contributed by atoms with Gasteiger partial charge in [-0.05, 0) is 43.0 Å². The van der Waals surface area contributed by atoms with E-state index in [0.29, 0.717) is 12.5 Å². The van der Waals surface area contributed by atoms with Gasteiger partial charge in [-0.15, -0.1) is 0 Å². The number of halogens is 2. The molecule has 1 aliphatic rings. The van der Waals surface area contributed by atoms with Crippen molar-refractivity contribution in [3.8, 4) is 11.5 Å². The average Bonchev–Trinajstić information content (AvgIpc) is 2.70. The Balaban J connectivity index is 1.58. The molecule has 0 N–H and O–H groups in total. The Morgan fingerprint density at radius 1 is 1.04 bits per heavy atom. The van der Waals surface area contributed by atoms with Crippen LogP contribution in [0.1, 0.15) is 36.8 Å². The number of hydrogen-bond donors (Lipinski definition) is 0. The summed E-state index contributed by atoms with van der Waals surface area (Å²) in [5.41, 5.74) is 2.11. The molecular weight excluding hydrogens is 350 g/mol. The van der Waals surface area contributed by atoms with Gasteiger partial charge in [-0.25, -0.2) is 0 Å². The van der Waals surface area contributed by atoms with Crippen molar-refractivity contribution in [3.05, 3.63) is 71.3 Å². The highest BCUT2D eigenvalue weighted by molar-refractivity contribution is 5.35. The normalized spacial score (nSPS) is 20.0. The third-order valence-corrected chi connectivity index (χ3v) is 4.80. The summed E-state index contributed by atoms with van der Waals surface area (Å²) in [7, 11) is 1.29. The van der Waals surface area contributed by atoms with Crippen LogP contribution in [0.4, 0.5) is 8.78 Å². The molecule has 0 bridgehead atoms. The average molecular weight is 374 g/mol. The van der Waals surface area contributed by atoms with E-state index in [-0.39, 0.29) is 24.2 Å². The third-order valence-electron chi connectivity index (χ3n) is 4.80. The second-order valence-corrected chi connectivity index (χ2v) is 6.60. The van der Waals surface area contributed by atoms with Crippen molar-refractivity contribution in [2.75, 3.05) is 13.7 Å². The van der Waals surface area contributed by atoms with Crippen LogP contribution in [0.25, 0.3) is 0 Å². The van der Waals surface area contributed by atoms with Gasteiger partial charge < -0.3 is 14.2 Å². The molecule has 1 aliphatic heterocycles. The summed E-state index contributed by atoms with van der Waals surface area (Å²) in [6, 6.07) is 10.7. The fourth-order valence-corrected chi connectivity index (χ4v) is 3.23. The van der Waals surface area contributed by atoms with Gasteiger partial charge >= 0.3 is 0 Å². The molecule has 1 fully saturated rings. The highest BCUT2D eigenvalue weighted by Gasteiger charge is 2.21. The van der Waals surface area contributed by atoms with Crippen molar-refractivity contribution in [2.45, 2.75) is 38.4 Å². The maximum absolute atomic E-state index is 13.9. The molecule has 27 heavy (non-hydrogen) atoms. The molecule has 0 amide bonds. The maximum Gasteiger partial charge on any atom is 0.204 e. The van der Waals surface area contributed by atoms with Gasteiger partial charge in [0.05, 0.1) is 19.8 Å². The molecule has 1 heterocycles. The Morgan fingerprint density at radius 3 is 2.37 bits per heavy atom. The number of rotatable bonds is 6. The summed E-state index contributed by atoms with van der Waals surface area (Å²) < 4.78 is 43.7. The fourth-order valence-electron chi connectivity index (χ4n) is 3.23. The second-order valence-electron chi connectivity index (χ2n) is 6.60. The van der Waals surface area contributed by atoms with Gasteiger partial charge in [0, 0.05) is 5.92 Å². The lowest BCUT2D eigenvalue weighted by Crippen LogP contribution is -2.23. The van der Waals surface area contributed by atoms with E-state index in [1.54, 1.807) is 0 Å². The summed E-state index contributed by atoms with van der Waals surface area (Å²) in [5.74, 6) is -1.97. The molecule has 1 saturated heterocycles. The quantitative estimate of drug-likeness (QED) is 0.635. The standard InChI is InChI=1S/C22H24F2O3/c1-3-4-18-10-9-17(14-26-18)16-7-5-15(6-8-16)13-27-20-12-11-19(25-2)21(23)22(20)24/h3-8,11-12,17-18H,9-10,13-14H2,1-2H3/b4-3+. The Hall–Kier alpha value is -2.40. The van der Waals surface area contributed by atoms with E-state index in [4.69, 9.17) is 14.2 Å². The van der Waals surface area contributed by atoms with Crippen LogP contribution in [0.3, 0.4) is 0 Å². The third kappa shape index (κ3) is 4.66. The lowest BCUT2D eigenvalue weighted by atomic mass is 9.91. The largest absolute Gasteiger partial charge is 0.494 e. The first kappa shape index (κ1) is 19.4. The molecule has 0 spiro atoms. The summed E-state index contributed by atoms with van der Waals surface area (Å²) in [6.45, 7) is 2.87. The van der Waals surface area contributed by atoms with Crippen molar-refractivity contribution >= 4 is 0 Å². The van der Waals surface area contributed by atoms with Crippen molar-refractivity contribution in [3.63, 3.8) is 0 Å². The van der Waals surface area contributed by atoms with Crippen molar-refractivity contribution < 1.29 is 23.0 Å². The van der Waals surface area contributed by atoms with Crippen molar-refractivity contribution in [1.29, 1.82) is 0 Å². The first-order chi connectivity index (χ1) is 13.1. The number of benzene rings is 2. The van der Waals surface area contributed by atoms with Crippen LogP contribution in [0.15, 0.2) is 48.6 Å². The Bertz CT molecular complexity index is 779. The van der Waals surface area contributed by atoms with Crippen LogP contribution in [0.5, 0.6) is 11.5 Å². The van der Waals surface area contributed by atoms with E-state index in [2.05, 4.69) is 6.08 Å². The molecular formula is C22H24F2O3. The van der Waals surface area contributed by atoms with Crippen molar-refractivity contribution in [2.24, 2.45) is 0 Å². The first-order valence-corrected chi connectivity index (χ1v) is 9.10. The van der Waals surface area contributed by atoms with Crippen LogP contribution >= 0.6 is 0 Å². The number of allylic oxidation sites excluding steroid dienone is 1. The molecule has 0 aliphatic carbocycles. The number of ether oxygens (including phenoxy) is 3. The second kappa shape index (κ2) is 9.00. The van der Waals surface area contributed by atoms with Gasteiger partial charge in [0.15, 0.2) is 11.5 Å². The first-order valence-electron chi connectivity index (χ1n) is 9.10. The molecule has 2 atom stereocenters. The van der Waals surface area contributed by atoms with Gasteiger partial charge in [-0.2, -0.15) is 8.78 Å². The maximum atomic E-state index is 13.9. The van der Waals surface area contributed by atoms with Gasteiger partial charge in [0.1, 0.15) is 6.61 Å². The highest BCUT2D eigenvalue weighted by atomic mass is 19.2. The molecule has 2 unspecified atom stereocenters. The molecule has 2 aromatic carbocycles. The summed E-state index contributed by atoms with van der Waals surface area (Å²) in [4.78, 5) is 0. The van der Waals surface area contributed by atoms with E-state index >= 15 is 0 Å². The molecule has 2 aromatic rings. The SMILES string of the molecule is C/C=C/C1CCC(c2ccc(COc3ccc(OC)c(F)c3F)cc2)CO1. The smallest absolute Gasteiger partial charge is 0.204 e. The molecule has 0 radical (unpaired) electrons. The van der Waals surface area contributed by atoms with Crippen LogP contribution < -0.4 is 9.47 Å². The lowest BCUT2D eigenvalue weighted by molar-refractivity contribution is 0.0326. The van der Waals surface area contributed by atoms with Gasteiger partial charge in [-0.3, -0.25) is 0 Å². The number of methoxy groups -OCH3 is 1. The molecule has 3 nitrogen and oxygen atoms in total. The van der Waals surface area contributed by atoms with Gasteiger partial charge in [0.2, 0.25) is 11.6 Å². The van der Waals surface area contributed by atoms with Gasteiger partial charge in [-0.1, -0.05) is 36.4 Å². The van der Waals surface area contributed by atoms with E-state index in [9.17, 15) is 8.78 Å². The van der Waals surface area contributed by atoms with Gasteiger partial charge in [0.25, 0.3) is 0 Å². The minimum absolute atomic E-state index is 0.131. The zero-order chi connectivity index (χ0) is 19.2. The van der Waals surface area contributed by atoms with Crippen molar-refractivity contribution in [1.82, 2.24) is 0 Å². The predicted molar refractivity (Wildman–Crippen MR) is 100 cm³/mol. The minimum atomic E-state index is -1.04. The lowest BCUT2D eigenvalue weighted by Gasteiger charge is -2.27. The number of hydrogen-bond acceptors (Lipinski definition) is 3. The topological polar surface area (TPSA) is 27.7 Å². The molecule has 5 heteroatoms. The Kier molecular flexibility index (Phi) is 6.45. The minimum Gasteiger partial charge on any atom is -0.494 e. The van der Waals surface area contributed by atoms with Crippen LogP contribution in [-0.4, -0.2) is 19.8 Å². The fraction of sp³-hybridized carbons (Fsp3) is 0.364. The Labute approximate surface area is 158 Å². The molecule has 144 valence electrons. The van der Waals surface area contributed by atoms with Crippen LogP contribution in [-0.2, 0) is 11.3 Å².